The lowest BCUT2D eigenvalue weighted by Gasteiger charge is -2.17. The highest BCUT2D eigenvalue weighted by molar-refractivity contribution is 7.99. The van der Waals surface area contributed by atoms with E-state index in [4.69, 9.17) is 5.84 Å². The van der Waals surface area contributed by atoms with Crippen LogP contribution in [-0.2, 0) is 6.42 Å². The summed E-state index contributed by atoms with van der Waals surface area (Å²) >= 11 is 1.97. The molecule has 1 aromatic rings. The van der Waals surface area contributed by atoms with Gasteiger partial charge >= 0.3 is 0 Å². The van der Waals surface area contributed by atoms with Crippen LogP contribution in [-0.4, -0.2) is 22.0 Å². The SMILES string of the molecule is CCC(C)SCC(Cc1cccnc1)NN. The number of hydrogen-bond donors (Lipinski definition) is 2. The summed E-state index contributed by atoms with van der Waals surface area (Å²) in [7, 11) is 0. The van der Waals surface area contributed by atoms with Crippen molar-refractivity contribution < 1.29 is 0 Å². The molecule has 0 fully saturated rings. The maximum atomic E-state index is 5.56. The average molecular weight is 239 g/mol. The molecule has 2 atom stereocenters. The third-order valence-electron chi connectivity index (χ3n) is 2.60. The van der Waals surface area contributed by atoms with Gasteiger partial charge in [0.25, 0.3) is 0 Å². The van der Waals surface area contributed by atoms with Crippen LogP contribution in [0.15, 0.2) is 24.5 Å². The van der Waals surface area contributed by atoms with Crippen molar-refractivity contribution in [1.82, 2.24) is 10.4 Å². The molecule has 4 heteroatoms. The summed E-state index contributed by atoms with van der Waals surface area (Å²) < 4.78 is 0. The first-order valence-corrected chi connectivity index (χ1v) is 6.77. The Kier molecular flexibility index (Phi) is 6.45. The van der Waals surface area contributed by atoms with E-state index in [-0.39, 0.29) is 0 Å². The minimum Gasteiger partial charge on any atom is -0.271 e. The quantitative estimate of drug-likeness (QED) is 0.564. The maximum Gasteiger partial charge on any atom is 0.0342 e. The van der Waals surface area contributed by atoms with Crippen molar-refractivity contribution in [2.75, 3.05) is 5.75 Å². The smallest absolute Gasteiger partial charge is 0.0342 e. The van der Waals surface area contributed by atoms with Crippen molar-refractivity contribution in [2.24, 2.45) is 5.84 Å². The molecule has 0 aliphatic carbocycles. The van der Waals surface area contributed by atoms with Crippen LogP contribution in [0.2, 0.25) is 0 Å². The van der Waals surface area contributed by atoms with Gasteiger partial charge in [-0.25, -0.2) is 0 Å². The molecule has 0 spiro atoms. The average Bonchev–Trinajstić information content (AvgIpc) is 2.35. The third-order valence-corrected chi connectivity index (χ3v) is 4.09. The van der Waals surface area contributed by atoms with Gasteiger partial charge in [0.15, 0.2) is 0 Å². The van der Waals surface area contributed by atoms with Crippen molar-refractivity contribution in [1.29, 1.82) is 0 Å². The Balaban J connectivity index is 2.37. The van der Waals surface area contributed by atoms with E-state index in [1.165, 1.54) is 12.0 Å². The number of nitrogens with zero attached hydrogens (tertiary/aromatic N) is 1. The molecule has 0 radical (unpaired) electrons. The van der Waals surface area contributed by atoms with E-state index < -0.39 is 0 Å². The van der Waals surface area contributed by atoms with Crippen LogP contribution in [0.5, 0.6) is 0 Å². The monoisotopic (exact) mass is 239 g/mol. The standard InChI is InChI=1S/C12H21N3S/c1-3-10(2)16-9-12(15-13)7-11-5-4-6-14-8-11/h4-6,8,10,12,15H,3,7,9,13H2,1-2H3. The van der Waals surface area contributed by atoms with Crippen LogP contribution in [0, 0.1) is 0 Å². The Bertz CT molecular complexity index is 279. The Morgan fingerprint density at radius 1 is 1.56 bits per heavy atom. The highest BCUT2D eigenvalue weighted by Gasteiger charge is 2.09. The second kappa shape index (κ2) is 7.65. The molecule has 0 aliphatic heterocycles. The molecular formula is C12H21N3S. The lowest BCUT2D eigenvalue weighted by atomic mass is 10.1. The van der Waals surface area contributed by atoms with Gasteiger partial charge in [0.1, 0.15) is 0 Å². The fourth-order valence-electron chi connectivity index (χ4n) is 1.37. The molecule has 3 nitrogen and oxygen atoms in total. The number of nitrogens with one attached hydrogen (secondary N) is 1. The summed E-state index contributed by atoms with van der Waals surface area (Å²) in [6.07, 6.45) is 5.84. The number of aromatic nitrogens is 1. The fourth-order valence-corrected chi connectivity index (χ4v) is 2.38. The van der Waals surface area contributed by atoms with Crippen LogP contribution >= 0.6 is 11.8 Å². The Morgan fingerprint density at radius 2 is 2.38 bits per heavy atom. The van der Waals surface area contributed by atoms with Gasteiger partial charge in [-0.3, -0.25) is 16.3 Å². The van der Waals surface area contributed by atoms with E-state index in [1.807, 2.05) is 24.0 Å². The van der Waals surface area contributed by atoms with E-state index in [9.17, 15) is 0 Å². The highest BCUT2D eigenvalue weighted by Crippen LogP contribution is 2.15. The largest absolute Gasteiger partial charge is 0.271 e. The first kappa shape index (κ1) is 13.5. The Morgan fingerprint density at radius 3 is 2.94 bits per heavy atom. The number of thioether (sulfide) groups is 1. The van der Waals surface area contributed by atoms with Gasteiger partial charge < -0.3 is 0 Å². The van der Waals surface area contributed by atoms with E-state index >= 15 is 0 Å². The second-order valence-corrected chi connectivity index (χ2v) is 5.45. The van der Waals surface area contributed by atoms with Gasteiger partial charge in [0, 0.05) is 29.4 Å². The summed E-state index contributed by atoms with van der Waals surface area (Å²) in [6, 6.07) is 4.37. The Hall–Kier alpha value is -0.580. The molecule has 90 valence electrons. The van der Waals surface area contributed by atoms with Gasteiger partial charge in [0.05, 0.1) is 0 Å². The molecule has 1 heterocycles. The molecule has 0 aromatic carbocycles. The van der Waals surface area contributed by atoms with E-state index in [2.05, 4.69) is 30.3 Å². The molecule has 1 rings (SSSR count). The molecular weight excluding hydrogens is 218 g/mol. The zero-order chi connectivity index (χ0) is 11.8. The highest BCUT2D eigenvalue weighted by atomic mass is 32.2. The summed E-state index contributed by atoms with van der Waals surface area (Å²) in [5, 5.41) is 0.699. The number of pyridine rings is 1. The van der Waals surface area contributed by atoms with Crippen molar-refractivity contribution in [3.8, 4) is 0 Å². The van der Waals surface area contributed by atoms with Crippen molar-refractivity contribution in [2.45, 2.75) is 38.0 Å². The lowest BCUT2D eigenvalue weighted by Crippen LogP contribution is -2.39. The molecule has 2 unspecified atom stereocenters. The van der Waals surface area contributed by atoms with Crippen molar-refractivity contribution >= 4 is 11.8 Å². The molecule has 0 saturated heterocycles. The normalized spacial score (nSPS) is 14.7. The van der Waals surface area contributed by atoms with Crippen LogP contribution in [0.4, 0.5) is 0 Å². The number of nitrogens with two attached hydrogens (primary N) is 1. The summed E-state index contributed by atoms with van der Waals surface area (Å²) in [5.74, 6) is 6.61. The minimum atomic E-state index is 0.322. The van der Waals surface area contributed by atoms with Crippen molar-refractivity contribution in [3.63, 3.8) is 0 Å². The first-order valence-electron chi connectivity index (χ1n) is 5.72. The molecule has 0 bridgehead atoms. The summed E-state index contributed by atoms with van der Waals surface area (Å²) in [6.45, 7) is 4.46. The minimum absolute atomic E-state index is 0.322. The second-order valence-electron chi connectivity index (χ2n) is 3.98. The molecule has 16 heavy (non-hydrogen) atoms. The van der Waals surface area contributed by atoms with E-state index in [0.29, 0.717) is 11.3 Å². The predicted molar refractivity (Wildman–Crippen MR) is 71.3 cm³/mol. The molecule has 0 saturated carbocycles. The van der Waals surface area contributed by atoms with Gasteiger partial charge in [-0.1, -0.05) is 19.9 Å². The van der Waals surface area contributed by atoms with Crippen molar-refractivity contribution in [3.05, 3.63) is 30.1 Å². The van der Waals surface area contributed by atoms with Crippen LogP contribution in [0.1, 0.15) is 25.8 Å². The molecule has 3 N–H and O–H groups in total. The number of hydrogen-bond acceptors (Lipinski definition) is 4. The van der Waals surface area contributed by atoms with Gasteiger partial charge in [-0.2, -0.15) is 11.8 Å². The molecule has 1 aromatic heterocycles. The molecule has 0 aliphatic rings. The lowest BCUT2D eigenvalue weighted by molar-refractivity contribution is 0.574. The predicted octanol–water partition coefficient (Wildman–Crippen LogP) is 1.99. The Labute approximate surface area is 102 Å². The zero-order valence-electron chi connectivity index (χ0n) is 10.0. The topological polar surface area (TPSA) is 50.9 Å². The van der Waals surface area contributed by atoms with Crippen LogP contribution in [0.25, 0.3) is 0 Å². The molecule has 0 amide bonds. The van der Waals surface area contributed by atoms with Gasteiger partial charge in [-0.15, -0.1) is 0 Å². The summed E-state index contributed by atoms with van der Waals surface area (Å²) in [4.78, 5) is 4.11. The fraction of sp³-hybridized carbons (Fsp3) is 0.583. The maximum absolute atomic E-state index is 5.56. The third kappa shape index (κ3) is 4.96. The van der Waals surface area contributed by atoms with Crippen LogP contribution in [0.3, 0.4) is 0 Å². The number of rotatable bonds is 7. The summed E-state index contributed by atoms with van der Waals surface area (Å²) in [5.41, 5.74) is 4.11. The zero-order valence-corrected chi connectivity index (χ0v) is 10.8. The van der Waals surface area contributed by atoms with Gasteiger partial charge in [-0.05, 0) is 24.5 Å². The van der Waals surface area contributed by atoms with Gasteiger partial charge in [0.2, 0.25) is 0 Å². The van der Waals surface area contributed by atoms with E-state index in [0.717, 1.165) is 12.2 Å². The van der Waals surface area contributed by atoms with E-state index in [1.54, 1.807) is 6.20 Å². The number of hydrazine groups is 1. The first-order chi connectivity index (χ1) is 7.76. The van der Waals surface area contributed by atoms with Crippen LogP contribution < -0.4 is 11.3 Å².